The normalized spacial score (nSPS) is 25.3. The Labute approximate surface area is 111 Å². The Morgan fingerprint density at radius 3 is 1.42 bits per heavy atom. The SMILES string of the molecule is O=S1(=O)OC(c2ccccc2)C(c2ccccc2)O1. The van der Waals surface area contributed by atoms with Crippen molar-refractivity contribution in [3.05, 3.63) is 71.8 Å². The van der Waals surface area contributed by atoms with Crippen LogP contribution in [0, 0.1) is 0 Å². The van der Waals surface area contributed by atoms with Crippen molar-refractivity contribution in [3.8, 4) is 0 Å². The maximum atomic E-state index is 11.6. The number of rotatable bonds is 2. The topological polar surface area (TPSA) is 52.6 Å². The van der Waals surface area contributed by atoms with Gasteiger partial charge in [0.25, 0.3) is 0 Å². The van der Waals surface area contributed by atoms with Gasteiger partial charge in [-0.3, -0.25) is 0 Å². The molecule has 19 heavy (non-hydrogen) atoms. The van der Waals surface area contributed by atoms with Gasteiger partial charge in [-0.2, -0.15) is 8.42 Å². The molecule has 4 nitrogen and oxygen atoms in total. The van der Waals surface area contributed by atoms with E-state index in [1.54, 1.807) is 0 Å². The Morgan fingerprint density at radius 1 is 0.684 bits per heavy atom. The Bertz CT molecular complexity index is 599. The molecule has 0 aromatic heterocycles. The first-order valence-electron chi connectivity index (χ1n) is 5.87. The van der Waals surface area contributed by atoms with E-state index in [4.69, 9.17) is 8.37 Å². The van der Waals surface area contributed by atoms with E-state index in [1.807, 2.05) is 60.7 Å². The average molecular weight is 276 g/mol. The molecule has 1 heterocycles. The second-order valence-corrected chi connectivity index (χ2v) is 5.46. The minimum absolute atomic E-state index is 0.645. The van der Waals surface area contributed by atoms with Crippen LogP contribution >= 0.6 is 0 Å². The third kappa shape index (κ3) is 2.53. The van der Waals surface area contributed by atoms with E-state index in [9.17, 15) is 8.42 Å². The Morgan fingerprint density at radius 2 is 1.05 bits per heavy atom. The molecule has 1 fully saturated rings. The van der Waals surface area contributed by atoms with Crippen LogP contribution in [0.5, 0.6) is 0 Å². The van der Waals surface area contributed by atoms with Crippen LogP contribution < -0.4 is 0 Å². The third-order valence-corrected chi connectivity index (χ3v) is 3.86. The highest BCUT2D eigenvalue weighted by molar-refractivity contribution is 7.82. The molecule has 2 atom stereocenters. The van der Waals surface area contributed by atoms with Crippen LogP contribution in [0.25, 0.3) is 0 Å². The van der Waals surface area contributed by atoms with Gasteiger partial charge in [-0.25, -0.2) is 8.37 Å². The summed E-state index contributed by atoms with van der Waals surface area (Å²) in [6.07, 6.45) is -1.29. The molecule has 0 saturated carbocycles. The summed E-state index contributed by atoms with van der Waals surface area (Å²) in [7, 11) is -3.94. The molecule has 98 valence electrons. The highest BCUT2D eigenvalue weighted by Crippen LogP contribution is 2.43. The molecule has 0 radical (unpaired) electrons. The molecule has 2 aromatic carbocycles. The van der Waals surface area contributed by atoms with Gasteiger partial charge in [0.05, 0.1) is 0 Å². The lowest BCUT2D eigenvalue weighted by atomic mass is 9.99. The van der Waals surface area contributed by atoms with Crippen LogP contribution in [0.3, 0.4) is 0 Å². The van der Waals surface area contributed by atoms with Gasteiger partial charge in [-0.1, -0.05) is 60.7 Å². The summed E-state index contributed by atoms with van der Waals surface area (Å²) >= 11 is 0. The summed E-state index contributed by atoms with van der Waals surface area (Å²) < 4.78 is 33.2. The maximum Gasteiger partial charge on any atom is 0.401 e. The summed E-state index contributed by atoms with van der Waals surface area (Å²) in [6.45, 7) is 0. The fourth-order valence-corrected chi connectivity index (χ4v) is 3.10. The Kier molecular flexibility index (Phi) is 3.10. The van der Waals surface area contributed by atoms with Gasteiger partial charge in [0.1, 0.15) is 12.2 Å². The van der Waals surface area contributed by atoms with E-state index in [-0.39, 0.29) is 0 Å². The van der Waals surface area contributed by atoms with Crippen LogP contribution in [0.15, 0.2) is 60.7 Å². The average Bonchev–Trinajstić information content (AvgIpc) is 2.77. The second-order valence-electron chi connectivity index (χ2n) is 4.26. The molecule has 0 aliphatic carbocycles. The van der Waals surface area contributed by atoms with Gasteiger partial charge in [0.2, 0.25) is 0 Å². The molecule has 3 rings (SSSR count). The third-order valence-electron chi connectivity index (χ3n) is 2.97. The van der Waals surface area contributed by atoms with E-state index in [2.05, 4.69) is 0 Å². The lowest BCUT2D eigenvalue weighted by molar-refractivity contribution is 0.159. The molecule has 1 aliphatic heterocycles. The highest BCUT2D eigenvalue weighted by atomic mass is 32.3. The van der Waals surface area contributed by atoms with E-state index in [0.29, 0.717) is 0 Å². The minimum Gasteiger partial charge on any atom is -0.237 e. The lowest BCUT2D eigenvalue weighted by Crippen LogP contribution is -2.06. The lowest BCUT2D eigenvalue weighted by Gasteiger charge is -2.15. The molecule has 5 heteroatoms. The summed E-state index contributed by atoms with van der Waals surface area (Å²) in [5, 5.41) is 0. The number of benzene rings is 2. The van der Waals surface area contributed by atoms with Crippen molar-refractivity contribution >= 4 is 10.4 Å². The Balaban J connectivity index is 2.02. The largest absolute Gasteiger partial charge is 0.401 e. The van der Waals surface area contributed by atoms with Gasteiger partial charge in [-0.15, -0.1) is 0 Å². The molecule has 1 aliphatic rings. The summed E-state index contributed by atoms with van der Waals surface area (Å²) in [5.41, 5.74) is 1.55. The molecule has 0 amide bonds. The highest BCUT2D eigenvalue weighted by Gasteiger charge is 2.41. The first-order chi connectivity index (χ1) is 9.16. The zero-order chi connectivity index (χ0) is 13.3. The van der Waals surface area contributed by atoms with Crippen LogP contribution in [-0.2, 0) is 18.8 Å². The van der Waals surface area contributed by atoms with Gasteiger partial charge < -0.3 is 0 Å². The summed E-state index contributed by atoms with van der Waals surface area (Å²) in [4.78, 5) is 0. The molecular weight excluding hydrogens is 264 g/mol. The molecule has 0 spiro atoms. The van der Waals surface area contributed by atoms with Crippen LogP contribution in [-0.4, -0.2) is 8.42 Å². The van der Waals surface area contributed by atoms with Crippen LogP contribution in [0.4, 0.5) is 0 Å². The zero-order valence-electron chi connectivity index (χ0n) is 9.97. The Hall–Kier alpha value is -1.69. The molecular formula is C14H12O4S. The van der Waals surface area contributed by atoms with Gasteiger partial charge in [0.15, 0.2) is 0 Å². The standard InChI is InChI=1S/C14H12O4S/c15-19(16)17-13(11-7-3-1-4-8-11)14(18-19)12-9-5-2-6-10-12/h1-10,13-14H. The van der Waals surface area contributed by atoms with Crippen molar-refractivity contribution in [3.63, 3.8) is 0 Å². The van der Waals surface area contributed by atoms with Gasteiger partial charge in [0, 0.05) is 0 Å². The van der Waals surface area contributed by atoms with Crippen molar-refractivity contribution in [2.45, 2.75) is 12.2 Å². The van der Waals surface area contributed by atoms with Crippen LogP contribution in [0.1, 0.15) is 23.3 Å². The van der Waals surface area contributed by atoms with Crippen molar-refractivity contribution in [2.24, 2.45) is 0 Å². The van der Waals surface area contributed by atoms with E-state index >= 15 is 0 Å². The second kappa shape index (κ2) is 4.77. The molecule has 2 unspecified atom stereocenters. The van der Waals surface area contributed by atoms with Crippen molar-refractivity contribution < 1.29 is 16.8 Å². The van der Waals surface area contributed by atoms with E-state index < -0.39 is 22.6 Å². The minimum atomic E-state index is -3.94. The zero-order valence-corrected chi connectivity index (χ0v) is 10.8. The fourth-order valence-electron chi connectivity index (χ4n) is 2.12. The quantitative estimate of drug-likeness (QED) is 0.846. The van der Waals surface area contributed by atoms with Gasteiger partial charge in [-0.05, 0) is 11.1 Å². The van der Waals surface area contributed by atoms with Crippen LogP contribution in [0.2, 0.25) is 0 Å². The summed E-state index contributed by atoms with van der Waals surface area (Å²) in [5.74, 6) is 0. The maximum absolute atomic E-state index is 11.6. The first-order valence-corrected chi connectivity index (χ1v) is 7.20. The predicted molar refractivity (Wildman–Crippen MR) is 69.5 cm³/mol. The van der Waals surface area contributed by atoms with Crippen molar-refractivity contribution in [2.75, 3.05) is 0 Å². The smallest absolute Gasteiger partial charge is 0.237 e. The molecule has 1 saturated heterocycles. The number of hydrogen-bond donors (Lipinski definition) is 0. The van der Waals surface area contributed by atoms with Gasteiger partial charge >= 0.3 is 10.4 Å². The molecule has 2 aromatic rings. The molecule has 0 N–H and O–H groups in total. The number of hydrogen-bond acceptors (Lipinski definition) is 4. The van der Waals surface area contributed by atoms with E-state index in [0.717, 1.165) is 11.1 Å². The summed E-state index contributed by atoms with van der Waals surface area (Å²) in [6, 6.07) is 18.4. The van der Waals surface area contributed by atoms with E-state index in [1.165, 1.54) is 0 Å². The van der Waals surface area contributed by atoms with Crippen molar-refractivity contribution in [1.82, 2.24) is 0 Å². The van der Waals surface area contributed by atoms with Crippen molar-refractivity contribution in [1.29, 1.82) is 0 Å². The monoisotopic (exact) mass is 276 g/mol. The first kappa shape index (κ1) is 12.3. The fraction of sp³-hybridized carbons (Fsp3) is 0.143. The molecule has 0 bridgehead atoms. The predicted octanol–water partition coefficient (Wildman–Crippen LogP) is 2.76.